The molecule has 0 unspecified atom stereocenters. The normalized spacial score (nSPS) is 11.4. The summed E-state index contributed by atoms with van der Waals surface area (Å²) in [5, 5.41) is 22.3. The third-order valence-corrected chi connectivity index (χ3v) is 5.18. The Morgan fingerprint density at radius 3 is 2.41 bits per heavy atom. The lowest BCUT2D eigenvalue weighted by Gasteiger charge is -2.15. The van der Waals surface area contributed by atoms with Gasteiger partial charge in [-0.05, 0) is 18.1 Å². The summed E-state index contributed by atoms with van der Waals surface area (Å²) in [5.74, 6) is -0.810. The number of aliphatic hydroxyl groups is 1. The summed E-state index contributed by atoms with van der Waals surface area (Å²) in [7, 11) is -3.73. The van der Waals surface area contributed by atoms with Gasteiger partial charge in [0.05, 0.1) is 17.3 Å². The molecule has 0 bridgehead atoms. The fraction of sp³-hybridized carbons (Fsp3) is 0.200. The van der Waals surface area contributed by atoms with E-state index < -0.39 is 22.2 Å². The monoisotopic (exact) mass is 320 g/mol. The molecule has 2 rings (SSSR count). The summed E-state index contributed by atoms with van der Waals surface area (Å²) < 4.78 is 24.5. The lowest BCUT2D eigenvalue weighted by Crippen LogP contribution is -2.12. The highest BCUT2D eigenvalue weighted by molar-refractivity contribution is 7.91. The molecule has 2 aromatic rings. The third kappa shape index (κ3) is 2.86. The van der Waals surface area contributed by atoms with Gasteiger partial charge in [0.1, 0.15) is 11.4 Å². The highest BCUT2D eigenvalue weighted by atomic mass is 32.2. The number of phenolic OH excluding ortho intramolecular Hbond substituents is 1. The molecule has 7 heteroatoms. The molecular formula is C15H16N2O4S. The fourth-order valence-corrected chi connectivity index (χ4v) is 3.67. The van der Waals surface area contributed by atoms with Crippen molar-refractivity contribution in [1.82, 2.24) is 0 Å². The molecule has 0 amide bonds. The topological polar surface area (TPSA) is 111 Å². The summed E-state index contributed by atoms with van der Waals surface area (Å²) in [6.45, 7) is 1.09. The van der Waals surface area contributed by atoms with Crippen LogP contribution in [0.2, 0.25) is 0 Å². The van der Waals surface area contributed by atoms with Gasteiger partial charge in [0.2, 0.25) is 0 Å². The largest absolute Gasteiger partial charge is 0.506 e. The number of rotatable bonds is 5. The van der Waals surface area contributed by atoms with Gasteiger partial charge in [0.15, 0.2) is 9.84 Å². The van der Waals surface area contributed by atoms with E-state index in [1.807, 2.05) is 6.07 Å². The van der Waals surface area contributed by atoms with Crippen LogP contribution in [0.5, 0.6) is 5.75 Å². The van der Waals surface area contributed by atoms with Gasteiger partial charge in [-0.25, -0.2) is 13.9 Å². The first-order chi connectivity index (χ1) is 10.4. The SMILES string of the molecule is Cc1c(S(=O)(=O)CCO)cc(O)c(N=N)c1-c1ccccc1. The minimum atomic E-state index is -3.73. The zero-order valence-corrected chi connectivity index (χ0v) is 12.8. The Bertz CT molecular complexity index is 802. The molecule has 0 fully saturated rings. The second-order valence-corrected chi connectivity index (χ2v) is 6.84. The van der Waals surface area contributed by atoms with Crippen LogP contribution in [-0.2, 0) is 9.84 Å². The molecular weight excluding hydrogens is 304 g/mol. The second kappa shape index (κ2) is 6.25. The molecule has 0 heterocycles. The van der Waals surface area contributed by atoms with E-state index in [1.54, 1.807) is 31.2 Å². The van der Waals surface area contributed by atoms with E-state index in [2.05, 4.69) is 5.11 Å². The molecule has 0 aromatic heterocycles. The number of aliphatic hydroxyl groups excluding tert-OH is 1. The van der Waals surface area contributed by atoms with Crippen LogP contribution >= 0.6 is 0 Å². The Morgan fingerprint density at radius 1 is 1.23 bits per heavy atom. The van der Waals surface area contributed by atoms with Crippen molar-refractivity contribution in [3.05, 3.63) is 42.0 Å². The standard InChI is InChI=1S/C15H16N2O4S/c1-10-13(22(20,21)8-7-18)9-12(19)15(17-16)14(10)11-5-3-2-4-6-11/h2-6,9,16,18-19H,7-8H2,1H3. The summed E-state index contributed by atoms with van der Waals surface area (Å²) in [5.41, 5.74) is 8.72. The molecule has 0 saturated carbocycles. The summed E-state index contributed by atoms with van der Waals surface area (Å²) in [6.07, 6.45) is 0. The van der Waals surface area contributed by atoms with Crippen LogP contribution in [0.25, 0.3) is 11.1 Å². The van der Waals surface area contributed by atoms with Crippen molar-refractivity contribution in [3.8, 4) is 16.9 Å². The number of phenols is 1. The highest BCUT2D eigenvalue weighted by Crippen LogP contribution is 2.43. The average Bonchev–Trinajstić information content (AvgIpc) is 2.49. The molecule has 0 aliphatic rings. The maximum Gasteiger partial charge on any atom is 0.181 e. The maximum atomic E-state index is 12.2. The van der Waals surface area contributed by atoms with E-state index in [4.69, 9.17) is 10.6 Å². The number of aromatic hydroxyl groups is 1. The van der Waals surface area contributed by atoms with E-state index in [1.165, 1.54) is 0 Å². The van der Waals surface area contributed by atoms with Gasteiger partial charge in [0.25, 0.3) is 0 Å². The van der Waals surface area contributed by atoms with Crippen molar-refractivity contribution in [3.63, 3.8) is 0 Å². The van der Waals surface area contributed by atoms with Crippen molar-refractivity contribution in [2.24, 2.45) is 5.11 Å². The van der Waals surface area contributed by atoms with Crippen LogP contribution in [0.3, 0.4) is 0 Å². The summed E-state index contributed by atoms with van der Waals surface area (Å²) >= 11 is 0. The number of sulfone groups is 1. The lowest BCUT2D eigenvalue weighted by atomic mass is 9.98. The van der Waals surface area contributed by atoms with Crippen molar-refractivity contribution in [1.29, 1.82) is 5.53 Å². The van der Waals surface area contributed by atoms with Gasteiger partial charge >= 0.3 is 0 Å². The lowest BCUT2D eigenvalue weighted by molar-refractivity contribution is 0.319. The van der Waals surface area contributed by atoms with Crippen molar-refractivity contribution in [2.75, 3.05) is 12.4 Å². The predicted octanol–water partition coefficient (Wildman–Crippen LogP) is 2.80. The number of nitrogens with zero attached hydrogens (tertiary/aromatic N) is 1. The number of hydrogen-bond donors (Lipinski definition) is 3. The van der Waals surface area contributed by atoms with Crippen LogP contribution in [0.4, 0.5) is 5.69 Å². The van der Waals surface area contributed by atoms with Crippen molar-refractivity contribution < 1.29 is 18.6 Å². The Kier molecular flexibility index (Phi) is 4.58. The molecule has 22 heavy (non-hydrogen) atoms. The second-order valence-electron chi connectivity index (χ2n) is 4.76. The van der Waals surface area contributed by atoms with Crippen molar-refractivity contribution >= 4 is 15.5 Å². The molecule has 0 aliphatic heterocycles. The molecule has 116 valence electrons. The Labute approximate surface area is 128 Å². The number of hydrogen-bond acceptors (Lipinski definition) is 6. The molecule has 6 nitrogen and oxygen atoms in total. The molecule has 3 N–H and O–H groups in total. The molecule has 0 atom stereocenters. The first-order valence-electron chi connectivity index (χ1n) is 6.55. The number of benzene rings is 2. The van der Waals surface area contributed by atoms with E-state index in [-0.39, 0.29) is 16.3 Å². The van der Waals surface area contributed by atoms with Gasteiger partial charge in [-0.15, -0.1) is 0 Å². The minimum Gasteiger partial charge on any atom is -0.506 e. The smallest absolute Gasteiger partial charge is 0.181 e. The minimum absolute atomic E-state index is 0.0200. The van der Waals surface area contributed by atoms with Gasteiger partial charge in [0, 0.05) is 11.6 Å². The fourth-order valence-electron chi connectivity index (χ4n) is 2.35. The zero-order valence-electron chi connectivity index (χ0n) is 11.9. The van der Waals surface area contributed by atoms with Crippen LogP contribution in [-0.4, -0.2) is 31.0 Å². The molecule has 2 aromatic carbocycles. The maximum absolute atomic E-state index is 12.2. The number of nitrogens with one attached hydrogen (secondary N) is 1. The first-order valence-corrected chi connectivity index (χ1v) is 8.20. The molecule has 0 spiro atoms. The Hall–Kier alpha value is -2.25. The van der Waals surface area contributed by atoms with Gasteiger partial charge in [-0.3, -0.25) is 0 Å². The quantitative estimate of drug-likeness (QED) is 0.735. The predicted molar refractivity (Wildman–Crippen MR) is 82.2 cm³/mol. The Balaban J connectivity index is 2.83. The van der Waals surface area contributed by atoms with Gasteiger partial charge in [-0.1, -0.05) is 30.3 Å². The van der Waals surface area contributed by atoms with Crippen molar-refractivity contribution in [2.45, 2.75) is 11.8 Å². The van der Waals surface area contributed by atoms with E-state index >= 15 is 0 Å². The van der Waals surface area contributed by atoms with Gasteiger partial charge < -0.3 is 10.2 Å². The van der Waals surface area contributed by atoms with Gasteiger partial charge in [-0.2, -0.15) is 5.11 Å². The zero-order chi connectivity index (χ0) is 16.3. The van der Waals surface area contributed by atoms with Crippen LogP contribution in [0, 0.1) is 12.5 Å². The third-order valence-electron chi connectivity index (χ3n) is 3.36. The molecule has 0 saturated heterocycles. The van der Waals surface area contributed by atoms with Crippen LogP contribution < -0.4 is 0 Å². The summed E-state index contributed by atoms with van der Waals surface area (Å²) in [4.78, 5) is -0.0645. The Morgan fingerprint density at radius 2 is 1.86 bits per heavy atom. The van der Waals surface area contributed by atoms with E-state index in [0.717, 1.165) is 6.07 Å². The average molecular weight is 320 g/mol. The van der Waals surface area contributed by atoms with Crippen LogP contribution in [0.1, 0.15) is 5.56 Å². The molecule has 0 radical (unpaired) electrons. The van der Waals surface area contributed by atoms with E-state index in [9.17, 15) is 13.5 Å². The summed E-state index contributed by atoms with van der Waals surface area (Å²) in [6, 6.07) is 9.93. The first kappa shape index (κ1) is 16.1. The van der Waals surface area contributed by atoms with Crippen LogP contribution in [0.15, 0.2) is 46.4 Å². The highest BCUT2D eigenvalue weighted by Gasteiger charge is 2.24. The van der Waals surface area contributed by atoms with E-state index in [0.29, 0.717) is 16.7 Å². The molecule has 0 aliphatic carbocycles.